The maximum Gasteiger partial charge on any atom is 0.0794 e. The second-order valence-electron chi connectivity index (χ2n) is 11.0. The van der Waals surface area contributed by atoms with Gasteiger partial charge < -0.3 is 0 Å². The molecule has 0 bridgehead atoms. The quantitative estimate of drug-likeness (QED) is 0.236. The van der Waals surface area contributed by atoms with E-state index in [1.54, 1.807) is 0 Å². The van der Waals surface area contributed by atoms with Crippen LogP contribution in [0, 0.1) is 27.7 Å². The van der Waals surface area contributed by atoms with Gasteiger partial charge in [-0.15, -0.1) is 0 Å². The molecule has 0 radical (unpaired) electrons. The van der Waals surface area contributed by atoms with Gasteiger partial charge in [-0.05, 0) is 51.0 Å². The van der Waals surface area contributed by atoms with Crippen molar-refractivity contribution in [2.45, 2.75) is 27.7 Å². The van der Waals surface area contributed by atoms with E-state index in [0.717, 1.165) is 55.5 Å². The van der Waals surface area contributed by atoms with Crippen LogP contribution in [0.2, 0.25) is 0 Å². The van der Waals surface area contributed by atoms with Gasteiger partial charge in [-0.3, -0.25) is 0 Å². The molecule has 5 aromatic rings. The lowest BCUT2D eigenvalue weighted by Gasteiger charge is -2.09. The Balaban J connectivity index is 1.52. The summed E-state index contributed by atoms with van der Waals surface area (Å²) in [6.07, 6.45) is 0. The lowest BCUT2D eigenvalue weighted by atomic mass is 9.93. The van der Waals surface area contributed by atoms with E-state index in [1.807, 2.05) is 0 Å². The van der Waals surface area contributed by atoms with E-state index < -0.39 is 0 Å². The van der Waals surface area contributed by atoms with Crippen molar-refractivity contribution in [3.05, 3.63) is 164 Å². The third-order valence-electron chi connectivity index (χ3n) is 7.92. The monoisotopic (exact) mass is 514 g/mol. The Morgan fingerprint density at radius 3 is 0.925 bits per heavy atom. The molecule has 0 saturated carbocycles. The van der Waals surface area contributed by atoms with E-state index in [0.29, 0.717) is 0 Å². The molecule has 0 spiro atoms. The van der Waals surface area contributed by atoms with Crippen LogP contribution in [0.3, 0.4) is 0 Å². The minimum absolute atomic E-state index is 0.995. The van der Waals surface area contributed by atoms with Gasteiger partial charge in [-0.2, -0.15) is 0 Å². The van der Waals surface area contributed by atoms with Crippen LogP contribution in [-0.2, 0) is 0 Å². The van der Waals surface area contributed by atoms with Gasteiger partial charge in [0.2, 0.25) is 0 Å². The molecule has 2 nitrogen and oxygen atoms in total. The van der Waals surface area contributed by atoms with Gasteiger partial charge >= 0.3 is 0 Å². The van der Waals surface area contributed by atoms with Crippen molar-refractivity contribution in [1.82, 2.24) is 0 Å². The molecule has 0 fully saturated rings. The molecular weight excluding hydrogens is 484 g/mol. The van der Waals surface area contributed by atoms with Crippen molar-refractivity contribution >= 4 is 33.9 Å². The minimum atomic E-state index is 0.995. The zero-order valence-corrected chi connectivity index (χ0v) is 23.3. The fourth-order valence-electron chi connectivity index (χ4n) is 5.64. The van der Waals surface area contributed by atoms with Gasteiger partial charge in [-0.25, -0.2) is 9.98 Å². The predicted octanol–water partition coefficient (Wildman–Crippen LogP) is 7.59. The van der Waals surface area contributed by atoms with Gasteiger partial charge in [0.05, 0.1) is 22.8 Å². The zero-order valence-electron chi connectivity index (χ0n) is 23.3. The molecule has 0 amide bonds. The molecule has 2 aliphatic rings. The second kappa shape index (κ2) is 9.43. The molecule has 0 aliphatic carbocycles. The molecule has 2 aliphatic heterocycles. The van der Waals surface area contributed by atoms with Crippen LogP contribution in [0.5, 0.6) is 0 Å². The zero-order chi connectivity index (χ0) is 27.4. The van der Waals surface area contributed by atoms with Crippen LogP contribution in [0.15, 0.2) is 119 Å². The van der Waals surface area contributed by atoms with E-state index in [4.69, 9.17) is 9.98 Å². The molecule has 0 saturated heterocycles. The first-order chi connectivity index (χ1) is 19.4. The third kappa shape index (κ3) is 4.13. The Bertz CT molecular complexity index is 1820. The van der Waals surface area contributed by atoms with Gasteiger partial charge in [0.15, 0.2) is 0 Å². The molecule has 40 heavy (non-hydrogen) atoms. The molecule has 5 aromatic carbocycles. The molecule has 0 aromatic heterocycles. The summed E-state index contributed by atoms with van der Waals surface area (Å²) in [6, 6.07) is 39.4. The summed E-state index contributed by atoms with van der Waals surface area (Å²) in [4.78, 5) is 10.6. The largest absolute Gasteiger partial charge is 0.247 e. The Labute approximate surface area is 235 Å². The summed E-state index contributed by atoms with van der Waals surface area (Å²) >= 11 is 0. The Kier molecular flexibility index (Phi) is 5.71. The number of fused-ring (bicyclic) bond motifs is 2. The number of aryl methyl sites for hydroxylation is 4. The highest BCUT2D eigenvalue weighted by atomic mass is 14.8. The van der Waals surface area contributed by atoms with Crippen molar-refractivity contribution in [3.8, 4) is 0 Å². The first-order valence-electron chi connectivity index (χ1n) is 13.8. The fourth-order valence-corrected chi connectivity index (χ4v) is 5.64. The van der Waals surface area contributed by atoms with E-state index in [1.165, 1.54) is 33.4 Å². The summed E-state index contributed by atoms with van der Waals surface area (Å²) in [6.45, 7) is 8.50. The highest BCUT2D eigenvalue weighted by molar-refractivity contribution is 6.36. The minimum Gasteiger partial charge on any atom is -0.247 e. The average Bonchev–Trinajstić information content (AvgIpc) is 3.51. The van der Waals surface area contributed by atoms with Gasteiger partial charge in [0.1, 0.15) is 0 Å². The van der Waals surface area contributed by atoms with Gasteiger partial charge in [0, 0.05) is 32.7 Å². The lowest BCUT2D eigenvalue weighted by Crippen LogP contribution is -2.15. The topological polar surface area (TPSA) is 24.7 Å². The molecule has 0 atom stereocenters. The highest BCUT2D eigenvalue weighted by Gasteiger charge is 2.25. The summed E-state index contributed by atoms with van der Waals surface area (Å²) in [7, 11) is 0. The Morgan fingerprint density at radius 1 is 0.350 bits per heavy atom. The molecule has 0 unspecified atom stereocenters. The molecule has 2 heteroatoms. The molecule has 7 rings (SSSR count). The smallest absolute Gasteiger partial charge is 0.0794 e. The predicted molar refractivity (Wildman–Crippen MR) is 168 cm³/mol. The van der Waals surface area contributed by atoms with Crippen LogP contribution in [0.25, 0.3) is 11.1 Å². The molecular formula is C38H30N2. The fraction of sp³-hybridized carbons (Fsp3) is 0.105. The summed E-state index contributed by atoms with van der Waals surface area (Å²) in [5.41, 5.74) is 15.9. The maximum absolute atomic E-state index is 5.28. The van der Waals surface area contributed by atoms with Crippen LogP contribution in [-0.4, -0.2) is 11.4 Å². The van der Waals surface area contributed by atoms with E-state index >= 15 is 0 Å². The number of hydrogen-bond acceptors (Lipinski definition) is 2. The van der Waals surface area contributed by atoms with Crippen molar-refractivity contribution < 1.29 is 0 Å². The van der Waals surface area contributed by atoms with E-state index in [2.05, 4.69) is 137 Å². The first kappa shape index (κ1) is 24.2. The van der Waals surface area contributed by atoms with Gasteiger partial charge in [-0.1, -0.05) is 119 Å². The molecule has 0 N–H and O–H groups in total. The van der Waals surface area contributed by atoms with Crippen LogP contribution >= 0.6 is 0 Å². The Morgan fingerprint density at radius 2 is 0.625 bits per heavy atom. The molecule has 192 valence electrons. The molecule has 2 heterocycles. The lowest BCUT2D eigenvalue weighted by molar-refractivity contribution is 1.42. The number of aliphatic imine (C=N–C) groups is 2. The van der Waals surface area contributed by atoms with Crippen LogP contribution in [0.4, 0.5) is 11.4 Å². The average molecular weight is 515 g/mol. The maximum atomic E-state index is 5.28. The van der Waals surface area contributed by atoms with Crippen LogP contribution in [0.1, 0.15) is 44.5 Å². The van der Waals surface area contributed by atoms with Crippen molar-refractivity contribution in [2.75, 3.05) is 0 Å². The first-order valence-corrected chi connectivity index (χ1v) is 13.8. The van der Waals surface area contributed by atoms with Gasteiger partial charge in [0.25, 0.3) is 0 Å². The van der Waals surface area contributed by atoms with Crippen LogP contribution < -0.4 is 10.4 Å². The van der Waals surface area contributed by atoms with E-state index in [9.17, 15) is 0 Å². The number of benzene rings is 5. The second-order valence-corrected chi connectivity index (χ2v) is 11.0. The third-order valence-corrected chi connectivity index (χ3v) is 7.92. The standard InChI is InChI=1S/C38H30N2/c1-23-5-13-27(14-6-23)35-31-21-34-32(22-33(31)39-37(35)29-17-9-25(3)10-18-29)36(28-15-7-24(2)8-16-28)38(40-34)30-19-11-26(4)12-20-30/h5-22H,1-4H3. The summed E-state index contributed by atoms with van der Waals surface area (Å²) in [5, 5.41) is 2.27. The van der Waals surface area contributed by atoms with E-state index in [-0.39, 0.29) is 0 Å². The summed E-state index contributed by atoms with van der Waals surface area (Å²) in [5.74, 6) is 0. The Hall–Kier alpha value is -4.82. The number of nitrogens with zero attached hydrogens (tertiary/aromatic N) is 2. The normalized spacial score (nSPS) is 13.7. The summed E-state index contributed by atoms with van der Waals surface area (Å²) < 4.78 is 0. The van der Waals surface area contributed by atoms with Crippen molar-refractivity contribution in [2.24, 2.45) is 9.98 Å². The SMILES string of the molecule is Cc1ccc(C2=Nc3cc4c(cc3=C2c2ccc(C)cc2)N=C(c2ccc(C)cc2)C=4c2ccc(C)cc2)cc1. The highest BCUT2D eigenvalue weighted by Crippen LogP contribution is 2.32. The number of hydrogen-bond donors (Lipinski definition) is 0. The van der Waals surface area contributed by atoms with Crippen molar-refractivity contribution in [1.29, 1.82) is 0 Å². The number of rotatable bonds is 4. The van der Waals surface area contributed by atoms with Crippen molar-refractivity contribution in [3.63, 3.8) is 0 Å².